The molecule has 7 nitrogen and oxygen atoms in total. The minimum atomic E-state index is -0.0868. The SMILES string of the molecule is CCN1CC(NC(=O)N2Cc3cccnc3N3CCC[C@@H]3C2)CC1=O. The predicted octanol–water partition coefficient (Wildman–Crippen LogP) is 1.20. The molecule has 2 fully saturated rings. The molecule has 134 valence electrons. The molecule has 1 aromatic heterocycles. The summed E-state index contributed by atoms with van der Waals surface area (Å²) in [6.07, 6.45) is 4.46. The lowest BCUT2D eigenvalue weighted by molar-refractivity contribution is -0.127. The van der Waals surface area contributed by atoms with Gasteiger partial charge >= 0.3 is 6.03 Å². The summed E-state index contributed by atoms with van der Waals surface area (Å²) in [6.45, 7) is 5.57. The number of hydrogen-bond acceptors (Lipinski definition) is 4. The average molecular weight is 343 g/mol. The van der Waals surface area contributed by atoms with Crippen LogP contribution in [0.3, 0.4) is 0 Å². The van der Waals surface area contributed by atoms with Gasteiger partial charge in [0.1, 0.15) is 5.82 Å². The van der Waals surface area contributed by atoms with Crippen molar-refractivity contribution in [2.45, 2.75) is 44.8 Å². The number of anilines is 1. The first-order chi connectivity index (χ1) is 12.2. The van der Waals surface area contributed by atoms with Crippen molar-refractivity contribution in [2.75, 3.05) is 31.1 Å². The fourth-order valence-electron chi connectivity index (χ4n) is 4.24. The molecule has 7 heteroatoms. The van der Waals surface area contributed by atoms with Gasteiger partial charge in [-0.15, -0.1) is 0 Å². The first-order valence-electron chi connectivity index (χ1n) is 9.19. The van der Waals surface area contributed by atoms with Crippen LogP contribution in [0.15, 0.2) is 18.3 Å². The maximum atomic E-state index is 12.9. The van der Waals surface area contributed by atoms with E-state index < -0.39 is 0 Å². The Morgan fingerprint density at radius 3 is 3.08 bits per heavy atom. The molecule has 25 heavy (non-hydrogen) atoms. The monoisotopic (exact) mass is 343 g/mol. The van der Waals surface area contributed by atoms with Gasteiger partial charge in [0.2, 0.25) is 5.91 Å². The minimum absolute atomic E-state index is 0.0701. The van der Waals surface area contributed by atoms with Crippen LogP contribution in [0.5, 0.6) is 0 Å². The lowest BCUT2D eigenvalue weighted by Crippen LogP contribution is -2.48. The molecule has 0 radical (unpaired) electrons. The molecule has 0 saturated carbocycles. The summed E-state index contributed by atoms with van der Waals surface area (Å²) in [5, 5.41) is 3.07. The fourth-order valence-corrected chi connectivity index (χ4v) is 4.24. The van der Waals surface area contributed by atoms with E-state index in [4.69, 9.17) is 0 Å². The number of rotatable bonds is 2. The second-order valence-electron chi connectivity index (χ2n) is 7.14. The number of amides is 3. The third-order valence-electron chi connectivity index (χ3n) is 5.52. The van der Waals surface area contributed by atoms with Crippen LogP contribution >= 0.6 is 0 Å². The maximum Gasteiger partial charge on any atom is 0.318 e. The van der Waals surface area contributed by atoms with Crippen molar-refractivity contribution in [1.82, 2.24) is 20.1 Å². The quantitative estimate of drug-likeness (QED) is 0.876. The van der Waals surface area contributed by atoms with Crippen LogP contribution in [-0.4, -0.2) is 65.0 Å². The number of likely N-dealkylation sites (tertiary alicyclic amines) is 1. The van der Waals surface area contributed by atoms with Crippen molar-refractivity contribution in [3.05, 3.63) is 23.9 Å². The van der Waals surface area contributed by atoms with Crippen LogP contribution in [0.25, 0.3) is 0 Å². The highest BCUT2D eigenvalue weighted by atomic mass is 16.2. The van der Waals surface area contributed by atoms with Gasteiger partial charge in [0.25, 0.3) is 0 Å². The number of fused-ring (bicyclic) bond motifs is 3. The molecular weight excluding hydrogens is 318 g/mol. The standard InChI is InChI=1S/C18H25N5O2/c1-2-21-11-14(9-16(21)24)20-18(25)22-10-13-5-3-7-19-17(13)23-8-4-6-15(23)12-22/h3,5,7,14-15H,2,4,6,8-12H2,1H3,(H,20,25)/t14?,15-/m1/s1. The van der Waals surface area contributed by atoms with Crippen LogP contribution in [0.2, 0.25) is 0 Å². The lowest BCUT2D eigenvalue weighted by atomic mass is 10.2. The van der Waals surface area contributed by atoms with Crippen LogP contribution in [0.4, 0.5) is 10.6 Å². The fraction of sp³-hybridized carbons (Fsp3) is 0.611. The number of hydrogen-bond donors (Lipinski definition) is 1. The Kier molecular flexibility index (Phi) is 4.23. The molecular formula is C18H25N5O2. The highest BCUT2D eigenvalue weighted by Crippen LogP contribution is 2.31. The average Bonchev–Trinajstić information content (AvgIpc) is 3.17. The third-order valence-corrected chi connectivity index (χ3v) is 5.52. The normalized spacial score (nSPS) is 25.6. The van der Waals surface area contributed by atoms with Gasteiger partial charge in [-0.05, 0) is 25.8 Å². The minimum Gasteiger partial charge on any atom is -0.352 e. The number of nitrogens with one attached hydrogen (secondary N) is 1. The summed E-state index contributed by atoms with van der Waals surface area (Å²) < 4.78 is 0. The van der Waals surface area contributed by atoms with Crippen LogP contribution < -0.4 is 10.2 Å². The topological polar surface area (TPSA) is 68.8 Å². The van der Waals surface area contributed by atoms with Gasteiger partial charge in [0.15, 0.2) is 0 Å². The van der Waals surface area contributed by atoms with E-state index in [1.165, 1.54) is 0 Å². The summed E-state index contributed by atoms with van der Waals surface area (Å²) in [7, 11) is 0. The largest absolute Gasteiger partial charge is 0.352 e. The smallest absolute Gasteiger partial charge is 0.318 e. The molecule has 2 atom stereocenters. The van der Waals surface area contributed by atoms with E-state index in [-0.39, 0.29) is 18.0 Å². The zero-order valence-corrected chi connectivity index (χ0v) is 14.6. The molecule has 3 aliphatic rings. The van der Waals surface area contributed by atoms with Gasteiger partial charge in [0.05, 0.1) is 12.6 Å². The molecule has 0 aliphatic carbocycles. The number of aromatic nitrogens is 1. The Hall–Kier alpha value is -2.31. The summed E-state index contributed by atoms with van der Waals surface area (Å²) in [5.41, 5.74) is 1.10. The summed E-state index contributed by atoms with van der Waals surface area (Å²) in [4.78, 5) is 35.3. The molecule has 0 spiro atoms. The molecule has 0 aromatic carbocycles. The van der Waals surface area contributed by atoms with Crippen molar-refractivity contribution in [3.63, 3.8) is 0 Å². The second-order valence-corrected chi connectivity index (χ2v) is 7.14. The van der Waals surface area contributed by atoms with E-state index in [1.807, 2.05) is 24.1 Å². The molecule has 1 aromatic rings. The summed E-state index contributed by atoms with van der Waals surface area (Å²) >= 11 is 0. The number of pyridine rings is 1. The Labute approximate surface area is 148 Å². The number of carbonyl (C=O) groups excluding carboxylic acids is 2. The summed E-state index contributed by atoms with van der Waals surface area (Å²) in [6, 6.07) is 4.16. The highest BCUT2D eigenvalue weighted by molar-refractivity contribution is 5.81. The number of urea groups is 1. The van der Waals surface area contributed by atoms with Gasteiger partial charge in [-0.1, -0.05) is 6.07 Å². The first-order valence-corrected chi connectivity index (χ1v) is 9.19. The zero-order valence-electron chi connectivity index (χ0n) is 14.6. The predicted molar refractivity (Wildman–Crippen MR) is 94.2 cm³/mol. The second kappa shape index (κ2) is 6.54. The maximum absolute atomic E-state index is 12.9. The van der Waals surface area contributed by atoms with E-state index in [9.17, 15) is 9.59 Å². The molecule has 1 N–H and O–H groups in total. The van der Waals surface area contributed by atoms with Crippen molar-refractivity contribution < 1.29 is 9.59 Å². The Balaban J connectivity index is 1.49. The van der Waals surface area contributed by atoms with E-state index >= 15 is 0 Å². The van der Waals surface area contributed by atoms with Crippen molar-refractivity contribution >= 4 is 17.8 Å². The number of likely N-dealkylation sites (N-methyl/N-ethyl adjacent to an activating group) is 1. The highest BCUT2D eigenvalue weighted by Gasteiger charge is 2.35. The number of nitrogens with zero attached hydrogens (tertiary/aromatic N) is 4. The molecule has 2 saturated heterocycles. The van der Waals surface area contributed by atoms with E-state index in [2.05, 4.69) is 21.3 Å². The van der Waals surface area contributed by atoms with Crippen LogP contribution in [0.1, 0.15) is 31.7 Å². The van der Waals surface area contributed by atoms with E-state index in [0.29, 0.717) is 38.6 Å². The van der Waals surface area contributed by atoms with Crippen molar-refractivity contribution in [3.8, 4) is 0 Å². The first kappa shape index (κ1) is 16.2. The molecule has 1 unspecified atom stereocenters. The molecule has 4 rings (SSSR count). The van der Waals surface area contributed by atoms with Crippen LogP contribution in [-0.2, 0) is 11.3 Å². The van der Waals surface area contributed by atoms with Gasteiger partial charge in [-0.25, -0.2) is 9.78 Å². The molecule has 3 aliphatic heterocycles. The Morgan fingerprint density at radius 2 is 2.28 bits per heavy atom. The van der Waals surface area contributed by atoms with Gasteiger partial charge < -0.3 is 20.0 Å². The zero-order chi connectivity index (χ0) is 17.4. The summed E-state index contributed by atoms with van der Waals surface area (Å²) in [5.74, 6) is 1.15. The molecule has 4 heterocycles. The van der Waals surface area contributed by atoms with E-state index in [0.717, 1.165) is 30.8 Å². The van der Waals surface area contributed by atoms with E-state index in [1.54, 1.807) is 4.90 Å². The van der Waals surface area contributed by atoms with Crippen molar-refractivity contribution in [2.24, 2.45) is 0 Å². The third kappa shape index (κ3) is 3.03. The molecule has 0 bridgehead atoms. The van der Waals surface area contributed by atoms with Gasteiger partial charge in [-0.3, -0.25) is 4.79 Å². The molecule has 3 amide bonds. The van der Waals surface area contributed by atoms with Gasteiger partial charge in [-0.2, -0.15) is 0 Å². The van der Waals surface area contributed by atoms with Gasteiger partial charge in [0, 0.05) is 50.4 Å². The lowest BCUT2D eigenvalue weighted by Gasteiger charge is -2.27. The number of carbonyl (C=O) groups is 2. The Morgan fingerprint density at radius 1 is 1.40 bits per heavy atom. The Bertz CT molecular complexity index is 679. The van der Waals surface area contributed by atoms with Crippen LogP contribution in [0, 0.1) is 0 Å². The van der Waals surface area contributed by atoms with Crippen molar-refractivity contribution in [1.29, 1.82) is 0 Å².